The van der Waals surface area contributed by atoms with Crippen LogP contribution in [-0.4, -0.2) is 39.3 Å². The van der Waals surface area contributed by atoms with Gasteiger partial charge in [0.2, 0.25) is 0 Å². The number of nitrogens with zero attached hydrogens (tertiary/aromatic N) is 3. The van der Waals surface area contributed by atoms with E-state index in [0.29, 0.717) is 12.0 Å². The zero-order valence-electron chi connectivity index (χ0n) is 11.7. The second-order valence-corrected chi connectivity index (χ2v) is 5.80. The van der Waals surface area contributed by atoms with E-state index in [1.54, 1.807) is 0 Å². The summed E-state index contributed by atoms with van der Waals surface area (Å²) in [6.45, 7) is 6.17. The molecular weight excluding hydrogens is 226 g/mol. The summed E-state index contributed by atoms with van der Waals surface area (Å²) < 4.78 is 2.21. The van der Waals surface area contributed by atoms with Gasteiger partial charge in [-0.3, -0.25) is 4.90 Å². The van der Waals surface area contributed by atoms with Crippen LogP contribution < -0.4 is 0 Å². The molecule has 1 aliphatic carbocycles. The summed E-state index contributed by atoms with van der Waals surface area (Å²) in [5.41, 5.74) is 0. The van der Waals surface area contributed by atoms with Crippen molar-refractivity contribution in [2.75, 3.05) is 13.6 Å². The Morgan fingerprint density at radius 3 is 2.89 bits per heavy atom. The quantitative estimate of drug-likeness (QED) is 0.871. The van der Waals surface area contributed by atoms with Gasteiger partial charge in [-0.15, -0.1) is 0 Å². The predicted octanol–water partition coefficient (Wildman–Crippen LogP) is 2.06. The highest BCUT2D eigenvalue weighted by atomic mass is 16.3. The van der Waals surface area contributed by atoms with Crippen molar-refractivity contribution in [1.82, 2.24) is 14.5 Å². The number of hydrogen-bond acceptors (Lipinski definition) is 3. The Bertz CT molecular complexity index is 375. The van der Waals surface area contributed by atoms with Gasteiger partial charge >= 0.3 is 0 Å². The summed E-state index contributed by atoms with van der Waals surface area (Å²) in [4.78, 5) is 6.71. The van der Waals surface area contributed by atoms with E-state index in [4.69, 9.17) is 0 Å². The summed E-state index contributed by atoms with van der Waals surface area (Å²) >= 11 is 0. The highest BCUT2D eigenvalue weighted by Crippen LogP contribution is 2.26. The first-order valence-electron chi connectivity index (χ1n) is 6.96. The van der Waals surface area contributed by atoms with Crippen LogP contribution in [0, 0.1) is 5.92 Å². The topological polar surface area (TPSA) is 41.3 Å². The normalized spacial score (nSPS) is 24.3. The Hall–Kier alpha value is -0.870. The van der Waals surface area contributed by atoms with Crippen molar-refractivity contribution >= 4 is 0 Å². The molecule has 2 atom stereocenters. The Kier molecular flexibility index (Phi) is 4.40. The molecule has 1 saturated carbocycles. The lowest BCUT2D eigenvalue weighted by Gasteiger charge is -2.23. The molecule has 0 radical (unpaired) electrons. The van der Waals surface area contributed by atoms with Crippen molar-refractivity contribution in [1.29, 1.82) is 0 Å². The SMILES string of the molecule is CC(C)n1ccnc1CN(C)CC1CCCC1O. The number of imidazole rings is 1. The van der Waals surface area contributed by atoms with Crippen LogP contribution in [0.25, 0.3) is 0 Å². The zero-order chi connectivity index (χ0) is 13.1. The molecule has 4 nitrogen and oxygen atoms in total. The van der Waals surface area contributed by atoms with Crippen LogP contribution in [-0.2, 0) is 6.54 Å². The number of aromatic nitrogens is 2. The van der Waals surface area contributed by atoms with Crippen LogP contribution in [0.1, 0.15) is 45.0 Å². The molecule has 1 heterocycles. The monoisotopic (exact) mass is 251 g/mol. The van der Waals surface area contributed by atoms with Gasteiger partial charge < -0.3 is 9.67 Å². The lowest BCUT2D eigenvalue weighted by molar-refractivity contribution is 0.107. The molecule has 2 unspecified atom stereocenters. The van der Waals surface area contributed by atoms with Crippen LogP contribution in [0.5, 0.6) is 0 Å². The van der Waals surface area contributed by atoms with Gasteiger partial charge in [0.05, 0.1) is 12.6 Å². The molecule has 4 heteroatoms. The molecule has 1 fully saturated rings. The fourth-order valence-corrected chi connectivity index (χ4v) is 2.87. The van der Waals surface area contributed by atoms with Crippen molar-refractivity contribution in [2.45, 2.75) is 51.8 Å². The molecule has 0 amide bonds. The van der Waals surface area contributed by atoms with Gasteiger partial charge in [-0.05, 0) is 39.7 Å². The maximum atomic E-state index is 9.86. The molecule has 1 aliphatic rings. The Labute approximate surface area is 110 Å². The third-order valence-electron chi connectivity index (χ3n) is 3.88. The Morgan fingerprint density at radius 2 is 2.28 bits per heavy atom. The van der Waals surface area contributed by atoms with Gasteiger partial charge in [-0.2, -0.15) is 0 Å². The summed E-state index contributed by atoms with van der Waals surface area (Å²) in [5, 5.41) is 9.86. The van der Waals surface area contributed by atoms with E-state index in [9.17, 15) is 5.11 Å². The molecule has 102 valence electrons. The van der Waals surface area contributed by atoms with Gasteiger partial charge in [0.15, 0.2) is 0 Å². The average molecular weight is 251 g/mol. The third-order valence-corrected chi connectivity index (χ3v) is 3.88. The van der Waals surface area contributed by atoms with Crippen LogP contribution in [0.15, 0.2) is 12.4 Å². The third kappa shape index (κ3) is 3.12. The van der Waals surface area contributed by atoms with E-state index in [-0.39, 0.29) is 6.10 Å². The standard InChI is InChI=1S/C14H25N3O/c1-11(2)17-8-7-15-14(17)10-16(3)9-12-5-4-6-13(12)18/h7-8,11-13,18H,4-6,9-10H2,1-3H3. The molecule has 1 N–H and O–H groups in total. The van der Waals surface area contributed by atoms with Crippen LogP contribution in [0.3, 0.4) is 0 Å². The van der Waals surface area contributed by atoms with Crippen LogP contribution >= 0.6 is 0 Å². The Balaban J connectivity index is 1.90. The van der Waals surface area contributed by atoms with E-state index in [0.717, 1.165) is 31.8 Å². The van der Waals surface area contributed by atoms with Crippen LogP contribution in [0.4, 0.5) is 0 Å². The fourth-order valence-electron chi connectivity index (χ4n) is 2.87. The van der Waals surface area contributed by atoms with Crippen molar-refractivity contribution in [2.24, 2.45) is 5.92 Å². The lowest BCUT2D eigenvalue weighted by atomic mass is 10.1. The smallest absolute Gasteiger partial charge is 0.123 e. The van der Waals surface area contributed by atoms with Gasteiger partial charge in [0, 0.05) is 25.0 Å². The molecule has 18 heavy (non-hydrogen) atoms. The van der Waals surface area contributed by atoms with E-state index >= 15 is 0 Å². The first-order valence-corrected chi connectivity index (χ1v) is 6.96. The molecule has 2 rings (SSSR count). The van der Waals surface area contributed by atoms with Crippen molar-refractivity contribution in [3.8, 4) is 0 Å². The van der Waals surface area contributed by atoms with Crippen molar-refractivity contribution < 1.29 is 5.11 Å². The minimum absolute atomic E-state index is 0.0997. The van der Waals surface area contributed by atoms with Gasteiger partial charge in [-0.25, -0.2) is 4.98 Å². The number of hydrogen-bond donors (Lipinski definition) is 1. The van der Waals surface area contributed by atoms with E-state index < -0.39 is 0 Å². The fraction of sp³-hybridized carbons (Fsp3) is 0.786. The maximum Gasteiger partial charge on any atom is 0.123 e. The minimum Gasteiger partial charge on any atom is -0.393 e. The highest BCUT2D eigenvalue weighted by molar-refractivity contribution is 4.94. The van der Waals surface area contributed by atoms with Crippen molar-refractivity contribution in [3.05, 3.63) is 18.2 Å². The molecule has 0 spiro atoms. The summed E-state index contributed by atoms with van der Waals surface area (Å²) in [7, 11) is 2.12. The summed E-state index contributed by atoms with van der Waals surface area (Å²) in [5.74, 6) is 1.55. The summed E-state index contributed by atoms with van der Waals surface area (Å²) in [6, 6.07) is 0.452. The van der Waals surface area contributed by atoms with Gasteiger partial charge in [0.1, 0.15) is 5.82 Å². The van der Waals surface area contributed by atoms with E-state index in [1.165, 1.54) is 6.42 Å². The van der Waals surface area contributed by atoms with E-state index in [2.05, 4.69) is 35.3 Å². The zero-order valence-corrected chi connectivity index (χ0v) is 11.7. The number of aliphatic hydroxyl groups is 1. The highest BCUT2D eigenvalue weighted by Gasteiger charge is 2.26. The molecule has 0 aromatic carbocycles. The predicted molar refractivity (Wildman–Crippen MR) is 72.3 cm³/mol. The van der Waals surface area contributed by atoms with Crippen LogP contribution in [0.2, 0.25) is 0 Å². The second kappa shape index (κ2) is 5.85. The average Bonchev–Trinajstić information content (AvgIpc) is 2.89. The van der Waals surface area contributed by atoms with Gasteiger partial charge in [-0.1, -0.05) is 6.42 Å². The van der Waals surface area contributed by atoms with E-state index in [1.807, 2.05) is 12.4 Å². The Morgan fingerprint density at radius 1 is 1.50 bits per heavy atom. The van der Waals surface area contributed by atoms with Crippen molar-refractivity contribution in [3.63, 3.8) is 0 Å². The molecule has 0 saturated heterocycles. The number of aliphatic hydroxyl groups excluding tert-OH is 1. The maximum absolute atomic E-state index is 9.86. The number of rotatable bonds is 5. The largest absolute Gasteiger partial charge is 0.393 e. The molecule has 0 bridgehead atoms. The first kappa shape index (κ1) is 13.6. The molecule has 0 aliphatic heterocycles. The first-order chi connectivity index (χ1) is 8.58. The lowest BCUT2D eigenvalue weighted by Crippen LogP contribution is -2.30. The molecule has 1 aromatic rings. The van der Waals surface area contributed by atoms with Gasteiger partial charge in [0.25, 0.3) is 0 Å². The molecule has 1 aromatic heterocycles. The minimum atomic E-state index is -0.0997. The summed E-state index contributed by atoms with van der Waals surface area (Å²) in [6.07, 6.45) is 7.10. The second-order valence-electron chi connectivity index (χ2n) is 5.80. The molecular formula is C14H25N3O.